The van der Waals surface area contributed by atoms with E-state index >= 15 is 0 Å². The number of halogens is 1. The fourth-order valence-electron chi connectivity index (χ4n) is 3.14. The molecule has 0 aromatic heterocycles. The molecule has 0 saturated carbocycles. The van der Waals surface area contributed by atoms with Crippen molar-refractivity contribution in [3.8, 4) is 0 Å². The zero-order valence-electron chi connectivity index (χ0n) is 15.1. The number of nitrogens with one attached hydrogen (secondary N) is 2. The van der Waals surface area contributed by atoms with Gasteiger partial charge in [-0.2, -0.15) is 0 Å². The summed E-state index contributed by atoms with van der Waals surface area (Å²) in [7, 11) is 0. The monoisotopic (exact) mass is 336 g/mol. The predicted molar refractivity (Wildman–Crippen MR) is 99.1 cm³/mol. The van der Waals surface area contributed by atoms with Gasteiger partial charge in [-0.05, 0) is 24.1 Å². The Morgan fingerprint density at radius 1 is 1.12 bits per heavy atom. The molecule has 1 aromatic rings. The van der Waals surface area contributed by atoms with Crippen LogP contribution >= 0.6 is 0 Å². The first-order valence-electron chi connectivity index (χ1n) is 9.67. The molecule has 3 nitrogen and oxygen atoms in total. The van der Waals surface area contributed by atoms with Crippen LogP contribution < -0.4 is 10.6 Å². The summed E-state index contributed by atoms with van der Waals surface area (Å²) >= 11 is 0. The van der Waals surface area contributed by atoms with Gasteiger partial charge in [-0.25, -0.2) is 4.39 Å². The fourth-order valence-corrected chi connectivity index (χ4v) is 3.14. The van der Waals surface area contributed by atoms with Crippen molar-refractivity contribution in [1.82, 2.24) is 5.32 Å². The minimum Gasteiger partial charge on any atom is -0.383 e. The molecule has 2 N–H and O–H groups in total. The molecule has 1 aliphatic rings. The number of hydrogen-bond acceptors (Lipinski definition) is 3. The lowest BCUT2D eigenvalue weighted by molar-refractivity contribution is 0.0275. The van der Waals surface area contributed by atoms with Crippen LogP contribution in [-0.2, 0) is 4.74 Å². The third-order valence-electron chi connectivity index (χ3n) is 4.64. The minimum atomic E-state index is -0.179. The van der Waals surface area contributed by atoms with Crippen LogP contribution in [0.5, 0.6) is 0 Å². The van der Waals surface area contributed by atoms with Crippen LogP contribution in [0, 0.1) is 5.82 Å². The van der Waals surface area contributed by atoms with Crippen molar-refractivity contribution < 1.29 is 9.13 Å². The predicted octanol–water partition coefficient (Wildman–Crippen LogP) is 5.04. The second-order valence-corrected chi connectivity index (χ2v) is 6.70. The summed E-state index contributed by atoms with van der Waals surface area (Å²) in [5.74, 6) is -0.179. The summed E-state index contributed by atoms with van der Waals surface area (Å²) in [4.78, 5) is 0. The van der Waals surface area contributed by atoms with Crippen LogP contribution in [0.1, 0.15) is 70.0 Å². The second kappa shape index (κ2) is 11.4. The van der Waals surface area contributed by atoms with Crippen molar-refractivity contribution in [3.05, 3.63) is 29.6 Å². The molecule has 0 amide bonds. The van der Waals surface area contributed by atoms with Crippen LogP contribution in [0.15, 0.2) is 18.2 Å². The number of benzene rings is 1. The van der Waals surface area contributed by atoms with Gasteiger partial charge in [-0.3, -0.25) is 0 Å². The van der Waals surface area contributed by atoms with Gasteiger partial charge in [0.15, 0.2) is 0 Å². The van der Waals surface area contributed by atoms with Gasteiger partial charge < -0.3 is 15.4 Å². The highest BCUT2D eigenvalue weighted by Crippen LogP contribution is 2.23. The van der Waals surface area contributed by atoms with Gasteiger partial charge in [0.1, 0.15) is 5.82 Å². The Kier molecular flexibility index (Phi) is 9.14. The molecule has 4 heteroatoms. The molecule has 1 saturated heterocycles. The van der Waals surface area contributed by atoms with Gasteiger partial charge in [-0.15, -0.1) is 0 Å². The van der Waals surface area contributed by atoms with Crippen LogP contribution in [-0.4, -0.2) is 26.2 Å². The van der Waals surface area contributed by atoms with E-state index in [1.54, 1.807) is 6.07 Å². The van der Waals surface area contributed by atoms with Gasteiger partial charge in [0.25, 0.3) is 0 Å². The van der Waals surface area contributed by atoms with Crippen LogP contribution in [0.4, 0.5) is 10.1 Å². The Hall–Kier alpha value is -1.13. The summed E-state index contributed by atoms with van der Waals surface area (Å²) in [6, 6.07) is 5.41. The van der Waals surface area contributed by atoms with Crippen molar-refractivity contribution in [1.29, 1.82) is 0 Å². The van der Waals surface area contributed by atoms with Crippen LogP contribution in [0.25, 0.3) is 0 Å². The lowest BCUT2D eigenvalue weighted by Gasteiger charge is -2.24. The molecular formula is C20H33FN2O. The molecule has 1 aliphatic heterocycles. The maximum Gasteiger partial charge on any atom is 0.146 e. The Balaban J connectivity index is 1.62. The van der Waals surface area contributed by atoms with E-state index in [-0.39, 0.29) is 11.9 Å². The highest BCUT2D eigenvalue weighted by Gasteiger charge is 2.16. The van der Waals surface area contributed by atoms with Gasteiger partial charge in [0, 0.05) is 19.6 Å². The molecule has 24 heavy (non-hydrogen) atoms. The lowest BCUT2D eigenvalue weighted by Crippen LogP contribution is -2.33. The number of rotatable bonds is 11. The van der Waals surface area contributed by atoms with E-state index in [0.29, 0.717) is 12.3 Å². The Labute approximate surface area is 146 Å². The Morgan fingerprint density at radius 2 is 1.88 bits per heavy atom. The molecule has 1 fully saturated rings. The molecule has 0 spiro atoms. The maximum absolute atomic E-state index is 14.2. The number of morpholine rings is 1. The number of anilines is 1. The largest absolute Gasteiger partial charge is 0.383 e. The van der Waals surface area contributed by atoms with Crippen molar-refractivity contribution >= 4 is 5.69 Å². The zero-order chi connectivity index (χ0) is 17.0. The van der Waals surface area contributed by atoms with Crippen molar-refractivity contribution in [2.75, 3.05) is 31.6 Å². The summed E-state index contributed by atoms with van der Waals surface area (Å²) in [6.45, 7) is 5.40. The number of unbranched alkanes of at least 4 members (excludes halogenated alkanes) is 7. The summed E-state index contributed by atoms with van der Waals surface area (Å²) in [5, 5.41) is 6.50. The first-order chi connectivity index (χ1) is 11.8. The molecule has 0 bridgehead atoms. The Bertz CT molecular complexity index is 461. The zero-order valence-corrected chi connectivity index (χ0v) is 15.1. The van der Waals surface area contributed by atoms with Gasteiger partial charge in [0.05, 0.1) is 18.4 Å². The van der Waals surface area contributed by atoms with E-state index in [1.165, 1.54) is 44.9 Å². The third kappa shape index (κ3) is 6.78. The molecule has 136 valence electrons. The quantitative estimate of drug-likeness (QED) is 0.555. The molecular weight excluding hydrogens is 303 g/mol. The fraction of sp³-hybridized carbons (Fsp3) is 0.700. The Morgan fingerprint density at radius 3 is 2.54 bits per heavy atom. The van der Waals surface area contributed by atoms with E-state index < -0.39 is 0 Å². The summed E-state index contributed by atoms with van der Waals surface area (Å²) in [6.07, 6.45) is 10.3. The molecule has 0 unspecified atom stereocenters. The van der Waals surface area contributed by atoms with Gasteiger partial charge >= 0.3 is 0 Å². The van der Waals surface area contributed by atoms with Gasteiger partial charge in [0.2, 0.25) is 0 Å². The summed E-state index contributed by atoms with van der Waals surface area (Å²) in [5.41, 5.74) is 1.52. The summed E-state index contributed by atoms with van der Waals surface area (Å²) < 4.78 is 19.9. The standard InChI is InChI=1S/C20H33FN2O/c1-2-3-4-5-6-7-8-9-12-23-19-11-10-17(15-18(19)21)20-16-22-13-14-24-20/h10-11,15,20,22-23H,2-9,12-14,16H2,1H3/t20-/m1/s1. The molecule has 0 radical (unpaired) electrons. The maximum atomic E-state index is 14.2. The molecule has 1 heterocycles. The van der Waals surface area contributed by atoms with Crippen LogP contribution in [0.2, 0.25) is 0 Å². The van der Waals surface area contributed by atoms with E-state index in [9.17, 15) is 4.39 Å². The van der Waals surface area contributed by atoms with Crippen molar-refractivity contribution in [2.45, 2.75) is 64.4 Å². The topological polar surface area (TPSA) is 33.3 Å². The number of ether oxygens (including phenoxy) is 1. The van der Waals surface area contributed by atoms with Crippen LogP contribution in [0.3, 0.4) is 0 Å². The highest BCUT2D eigenvalue weighted by atomic mass is 19.1. The van der Waals surface area contributed by atoms with Gasteiger partial charge in [-0.1, -0.05) is 57.9 Å². The average molecular weight is 336 g/mol. The van der Waals surface area contributed by atoms with E-state index in [0.717, 1.165) is 31.6 Å². The molecule has 1 atom stereocenters. The van der Waals surface area contributed by atoms with Crippen molar-refractivity contribution in [3.63, 3.8) is 0 Å². The molecule has 2 rings (SSSR count). The highest BCUT2D eigenvalue weighted by molar-refractivity contribution is 5.46. The molecule has 1 aromatic carbocycles. The second-order valence-electron chi connectivity index (χ2n) is 6.70. The van der Waals surface area contributed by atoms with E-state index in [4.69, 9.17) is 4.74 Å². The van der Waals surface area contributed by atoms with E-state index in [2.05, 4.69) is 17.6 Å². The normalized spacial score (nSPS) is 17.8. The molecule has 0 aliphatic carbocycles. The SMILES string of the molecule is CCCCCCCCCCNc1ccc([C@H]2CNCCO2)cc1F. The first-order valence-corrected chi connectivity index (χ1v) is 9.67. The first kappa shape index (κ1) is 19.2. The van der Waals surface area contributed by atoms with E-state index in [1.807, 2.05) is 12.1 Å². The van der Waals surface area contributed by atoms with Crippen molar-refractivity contribution in [2.24, 2.45) is 0 Å². The lowest BCUT2D eigenvalue weighted by atomic mass is 10.1. The smallest absolute Gasteiger partial charge is 0.146 e. The minimum absolute atomic E-state index is 0.0324. The number of hydrogen-bond donors (Lipinski definition) is 2. The average Bonchev–Trinajstić information content (AvgIpc) is 2.62. The third-order valence-corrected chi connectivity index (χ3v) is 4.64.